The molecule has 0 aromatic heterocycles. The van der Waals surface area contributed by atoms with E-state index in [4.69, 9.17) is 16.9 Å². The summed E-state index contributed by atoms with van der Waals surface area (Å²) in [6.07, 6.45) is 4.42. The summed E-state index contributed by atoms with van der Waals surface area (Å²) in [6.45, 7) is 3.42. The van der Waals surface area contributed by atoms with Crippen molar-refractivity contribution in [2.75, 3.05) is 0 Å². The topological polar surface area (TPSA) is 76.4 Å². The van der Waals surface area contributed by atoms with E-state index in [1.54, 1.807) is 32.1 Å². The summed E-state index contributed by atoms with van der Waals surface area (Å²) in [5.74, 6) is -0.606. The van der Waals surface area contributed by atoms with E-state index >= 15 is 0 Å². The highest BCUT2D eigenvalue weighted by atomic mass is 35.5. The smallest absolute Gasteiger partial charge is 0.249 e. The van der Waals surface area contributed by atoms with Crippen LogP contribution < -0.4 is 5.32 Å². The summed E-state index contributed by atoms with van der Waals surface area (Å²) in [5, 5.41) is 21.3. The van der Waals surface area contributed by atoms with Gasteiger partial charge >= 0.3 is 0 Å². The Hall–Kier alpha value is -1.35. The fourth-order valence-corrected chi connectivity index (χ4v) is 2.55. The summed E-state index contributed by atoms with van der Waals surface area (Å²) in [7, 11) is 0. The molecule has 2 aliphatic rings. The number of amides is 1. The Morgan fingerprint density at radius 1 is 1.63 bits per heavy atom. The third-order valence-corrected chi connectivity index (χ3v) is 3.77. The fraction of sp³-hybridized carbons (Fsp3) is 0.538. The Kier molecular flexibility index (Phi) is 3.68. The van der Waals surface area contributed by atoms with Gasteiger partial charge < -0.3 is 5.11 Å². The Balaban J connectivity index is 2.25. The molecule has 1 saturated heterocycles. The van der Waals surface area contributed by atoms with Gasteiger partial charge in [-0.1, -0.05) is 12.2 Å². The zero-order chi connectivity index (χ0) is 14.2. The quantitative estimate of drug-likeness (QED) is 0.705. The molecular weight excluding hydrogens is 266 g/mol. The van der Waals surface area contributed by atoms with E-state index in [0.717, 1.165) is 0 Å². The van der Waals surface area contributed by atoms with E-state index in [-0.39, 0.29) is 5.91 Å². The zero-order valence-electron chi connectivity index (χ0n) is 10.8. The lowest BCUT2D eigenvalue weighted by Crippen LogP contribution is -2.41. The maximum atomic E-state index is 12.2. The van der Waals surface area contributed by atoms with Crippen molar-refractivity contribution in [2.45, 2.75) is 37.5 Å². The van der Waals surface area contributed by atoms with Gasteiger partial charge in [0.15, 0.2) is 6.35 Å². The Morgan fingerprint density at radius 2 is 2.32 bits per heavy atom. The zero-order valence-corrected chi connectivity index (χ0v) is 11.6. The Bertz CT molecular complexity index is 493. The summed E-state index contributed by atoms with van der Waals surface area (Å²) in [6, 6.07) is 2.11. The highest BCUT2D eigenvalue weighted by Crippen LogP contribution is 2.30. The monoisotopic (exact) mass is 281 g/mol. The van der Waals surface area contributed by atoms with Crippen LogP contribution >= 0.6 is 11.6 Å². The van der Waals surface area contributed by atoms with Gasteiger partial charge in [-0.25, -0.2) is 0 Å². The van der Waals surface area contributed by atoms with E-state index in [1.807, 2.05) is 0 Å². The van der Waals surface area contributed by atoms with Gasteiger partial charge in [0, 0.05) is 12.1 Å². The third-order valence-electron chi connectivity index (χ3n) is 3.35. The number of aliphatic hydroxyl groups is 1. The van der Waals surface area contributed by atoms with Crippen LogP contribution in [0.25, 0.3) is 0 Å². The number of hydrogen-bond acceptors (Lipinski definition) is 4. The van der Waals surface area contributed by atoms with Crippen molar-refractivity contribution < 1.29 is 9.90 Å². The van der Waals surface area contributed by atoms with Gasteiger partial charge in [0.25, 0.3) is 0 Å². The lowest BCUT2D eigenvalue weighted by atomic mass is 10.0. The predicted molar refractivity (Wildman–Crippen MR) is 70.7 cm³/mol. The molecule has 1 amide bonds. The average Bonchev–Trinajstić information content (AvgIpc) is 2.47. The molecule has 1 aliphatic carbocycles. The minimum Gasteiger partial charge on any atom is -0.360 e. The van der Waals surface area contributed by atoms with Gasteiger partial charge in [0.1, 0.15) is 0 Å². The normalized spacial score (nSPS) is 33.8. The first kappa shape index (κ1) is 14.1. The molecule has 0 aromatic carbocycles. The summed E-state index contributed by atoms with van der Waals surface area (Å²) in [5.41, 5.74) is -0.197. The van der Waals surface area contributed by atoms with Gasteiger partial charge in [-0.2, -0.15) is 5.26 Å². The molecular formula is C13H16ClN3O2. The number of rotatable bonds is 1. The van der Waals surface area contributed by atoms with E-state index in [0.29, 0.717) is 12.1 Å². The summed E-state index contributed by atoms with van der Waals surface area (Å²) in [4.78, 5) is 13.5. The van der Waals surface area contributed by atoms with Crippen LogP contribution in [0, 0.1) is 17.2 Å². The molecule has 102 valence electrons. The lowest BCUT2D eigenvalue weighted by Gasteiger charge is -2.24. The first-order valence-electron chi connectivity index (χ1n) is 6.07. The Labute approximate surface area is 117 Å². The first-order valence-corrected chi connectivity index (χ1v) is 6.51. The van der Waals surface area contributed by atoms with Crippen LogP contribution in [0.4, 0.5) is 0 Å². The van der Waals surface area contributed by atoms with Gasteiger partial charge in [-0.05, 0) is 19.9 Å². The van der Waals surface area contributed by atoms with Crippen LogP contribution in [0.2, 0.25) is 0 Å². The minimum absolute atomic E-state index is 0.209. The minimum atomic E-state index is -1.07. The van der Waals surface area contributed by atoms with Crippen LogP contribution in [0.3, 0.4) is 0 Å². The number of hydrogen-bond donors (Lipinski definition) is 2. The second-order valence-corrected chi connectivity index (χ2v) is 5.80. The van der Waals surface area contributed by atoms with Crippen molar-refractivity contribution in [3.8, 4) is 6.07 Å². The van der Waals surface area contributed by atoms with E-state index in [9.17, 15) is 9.90 Å². The molecule has 0 aromatic rings. The van der Waals surface area contributed by atoms with Crippen LogP contribution in [0.1, 0.15) is 20.3 Å². The van der Waals surface area contributed by atoms with Gasteiger partial charge in [-0.15, -0.1) is 11.6 Å². The summed E-state index contributed by atoms with van der Waals surface area (Å²) >= 11 is 6.17. The van der Waals surface area contributed by atoms with Crippen molar-refractivity contribution in [2.24, 2.45) is 5.92 Å². The molecule has 0 spiro atoms. The summed E-state index contributed by atoms with van der Waals surface area (Å²) < 4.78 is 0. The number of allylic oxidation sites excluding steroid dienone is 4. The van der Waals surface area contributed by atoms with Crippen LogP contribution in [-0.2, 0) is 4.79 Å². The SMILES string of the molecule is CC1(C)NC(O)N(C2=CC=CC(C#N)C(Cl)C2)C1=O. The van der Waals surface area contributed by atoms with Crippen molar-refractivity contribution in [1.29, 1.82) is 5.26 Å². The van der Waals surface area contributed by atoms with Crippen LogP contribution in [-0.4, -0.2) is 33.2 Å². The van der Waals surface area contributed by atoms with E-state index in [2.05, 4.69) is 11.4 Å². The number of alkyl halides is 1. The van der Waals surface area contributed by atoms with Gasteiger partial charge in [0.05, 0.1) is 22.9 Å². The average molecular weight is 282 g/mol. The number of nitrogens with zero attached hydrogens (tertiary/aromatic N) is 2. The van der Waals surface area contributed by atoms with E-state index in [1.165, 1.54) is 4.90 Å². The molecule has 0 saturated carbocycles. The maximum absolute atomic E-state index is 12.2. The first-order chi connectivity index (χ1) is 8.86. The Morgan fingerprint density at radius 3 is 2.84 bits per heavy atom. The number of carbonyl (C=O) groups is 1. The van der Waals surface area contributed by atoms with E-state index < -0.39 is 23.2 Å². The molecule has 2 N–H and O–H groups in total. The lowest BCUT2D eigenvalue weighted by molar-refractivity contribution is -0.133. The molecule has 3 unspecified atom stereocenters. The van der Waals surface area contributed by atoms with Crippen molar-refractivity contribution in [1.82, 2.24) is 10.2 Å². The molecule has 19 heavy (non-hydrogen) atoms. The number of carbonyl (C=O) groups excluding carboxylic acids is 1. The molecule has 3 atom stereocenters. The number of aliphatic hydroxyl groups excluding tert-OH is 1. The fourth-order valence-electron chi connectivity index (χ4n) is 2.25. The standard InChI is InChI=1S/C13H16ClN3O2/c1-13(2)11(18)17(12(19)16-13)9-5-3-4-8(7-15)10(14)6-9/h3-5,8,10,12,16,19H,6H2,1-2H3. The second kappa shape index (κ2) is 4.97. The molecule has 1 fully saturated rings. The van der Waals surface area contributed by atoms with Crippen molar-refractivity contribution in [3.63, 3.8) is 0 Å². The highest BCUT2D eigenvalue weighted by Gasteiger charge is 2.45. The molecule has 5 nitrogen and oxygen atoms in total. The molecule has 0 radical (unpaired) electrons. The number of nitriles is 1. The molecule has 1 heterocycles. The highest BCUT2D eigenvalue weighted by molar-refractivity contribution is 6.21. The molecule has 0 bridgehead atoms. The van der Waals surface area contributed by atoms with Crippen LogP contribution in [0.5, 0.6) is 0 Å². The van der Waals surface area contributed by atoms with Crippen molar-refractivity contribution >= 4 is 17.5 Å². The maximum Gasteiger partial charge on any atom is 0.249 e. The molecule has 1 aliphatic heterocycles. The number of halogens is 1. The predicted octanol–water partition coefficient (Wildman–Crippen LogP) is 1.06. The number of nitrogens with one attached hydrogen (secondary N) is 1. The third kappa shape index (κ3) is 2.52. The molecule has 2 rings (SSSR count). The van der Waals surface area contributed by atoms with Gasteiger partial charge in [0.2, 0.25) is 5.91 Å². The van der Waals surface area contributed by atoms with Gasteiger partial charge in [-0.3, -0.25) is 15.0 Å². The second-order valence-electron chi connectivity index (χ2n) is 5.24. The van der Waals surface area contributed by atoms with Crippen molar-refractivity contribution in [3.05, 3.63) is 23.9 Å². The largest absolute Gasteiger partial charge is 0.360 e. The van der Waals surface area contributed by atoms with Crippen LogP contribution in [0.15, 0.2) is 23.9 Å². The molecule has 6 heteroatoms.